The zero-order valence-electron chi connectivity index (χ0n) is 17.4. The molecule has 0 saturated carbocycles. The molecule has 9 nitrogen and oxygen atoms in total. The van der Waals surface area contributed by atoms with Crippen molar-refractivity contribution in [2.24, 2.45) is 0 Å². The summed E-state index contributed by atoms with van der Waals surface area (Å²) >= 11 is 0. The fraction of sp³-hybridized carbons (Fsp3) is 0.273. The van der Waals surface area contributed by atoms with Gasteiger partial charge >= 0.3 is 0 Å². The Hall–Kier alpha value is -3.21. The van der Waals surface area contributed by atoms with Crippen molar-refractivity contribution in [3.63, 3.8) is 0 Å². The predicted octanol–water partition coefficient (Wildman–Crippen LogP) is 2.48. The first-order valence-corrected chi connectivity index (χ1v) is 11.8. The highest BCUT2D eigenvalue weighted by atomic mass is 32.2. The molecule has 0 aliphatic carbocycles. The summed E-state index contributed by atoms with van der Waals surface area (Å²) < 4.78 is 39.1. The highest BCUT2D eigenvalue weighted by Crippen LogP contribution is 2.20. The minimum atomic E-state index is -3.44. The van der Waals surface area contributed by atoms with Crippen molar-refractivity contribution in [1.82, 2.24) is 14.1 Å². The second-order valence-electron chi connectivity index (χ2n) is 7.30. The first-order valence-electron chi connectivity index (χ1n) is 10.2. The lowest BCUT2D eigenvalue weighted by atomic mass is 10.2. The Bertz CT molecular complexity index is 1160. The lowest BCUT2D eigenvalue weighted by molar-refractivity contribution is -0.116. The molecule has 10 heteroatoms. The maximum absolute atomic E-state index is 12.6. The number of aromatic nitrogens is 2. The number of carbonyl (C=O) groups is 1. The van der Waals surface area contributed by atoms with Crippen LogP contribution >= 0.6 is 0 Å². The molecule has 0 bridgehead atoms. The number of nitrogens with zero attached hydrogens (tertiary/aromatic N) is 3. The molecule has 2 heterocycles. The van der Waals surface area contributed by atoms with Gasteiger partial charge in [0, 0.05) is 18.8 Å². The molecule has 1 N–H and O–H groups in total. The average molecular weight is 457 g/mol. The van der Waals surface area contributed by atoms with Crippen LogP contribution in [0.3, 0.4) is 0 Å². The number of sulfonamides is 1. The molecule has 3 aromatic rings. The Morgan fingerprint density at radius 1 is 1.06 bits per heavy atom. The molecule has 1 aliphatic heterocycles. The molecule has 1 aromatic heterocycles. The second-order valence-corrected chi connectivity index (χ2v) is 9.27. The van der Waals surface area contributed by atoms with Gasteiger partial charge in [0.05, 0.1) is 31.4 Å². The van der Waals surface area contributed by atoms with E-state index in [9.17, 15) is 13.2 Å². The number of rotatable bonds is 8. The van der Waals surface area contributed by atoms with E-state index in [1.165, 1.54) is 15.2 Å². The van der Waals surface area contributed by atoms with Crippen LogP contribution in [0.4, 0.5) is 5.69 Å². The van der Waals surface area contributed by atoms with Crippen molar-refractivity contribution in [3.8, 4) is 11.5 Å². The van der Waals surface area contributed by atoms with Crippen LogP contribution in [0, 0.1) is 0 Å². The molecule has 1 fully saturated rings. The zero-order chi connectivity index (χ0) is 22.4. The fourth-order valence-electron chi connectivity index (χ4n) is 3.32. The van der Waals surface area contributed by atoms with Crippen LogP contribution in [0.15, 0.2) is 67.0 Å². The van der Waals surface area contributed by atoms with Crippen LogP contribution in [0.1, 0.15) is 5.56 Å². The van der Waals surface area contributed by atoms with E-state index < -0.39 is 10.0 Å². The third-order valence-corrected chi connectivity index (χ3v) is 6.67. The van der Waals surface area contributed by atoms with Gasteiger partial charge in [-0.05, 0) is 29.8 Å². The number of carbonyl (C=O) groups excluding carboxylic acids is 1. The monoisotopic (exact) mass is 456 g/mol. The van der Waals surface area contributed by atoms with Gasteiger partial charge in [0.2, 0.25) is 15.9 Å². The second kappa shape index (κ2) is 9.94. The quantitative estimate of drug-likeness (QED) is 0.559. The molecular weight excluding hydrogens is 432 g/mol. The van der Waals surface area contributed by atoms with E-state index in [1.54, 1.807) is 30.5 Å². The van der Waals surface area contributed by atoms with Crippen molar-refractivity contribution < 1.29 is 22.7 Å². The number of morpholine rings is 1. The topological polar surface area (TPSA) is 103 Å². The van der Waals surface area contributed by atoms with E-state index in [4.69, 9.17) is 9.47 Å². The normalized spacial score (nSPS) is 14.8. The minimum absolute atomic E-state index is 0.00550. The summed E-state index contributed by atoms with van der Waals surface area (Å²) in [6.45, 7) is 1.52. The molecule has 168 valence electrons. The largest absolute Gasteiger partial charge is 0.454 e. The van der Waals surface area contributed by atoms with Gasteiger partial charge in [-0.1, -0.05) is 30.3 Å². The number of hydrogen-bond acceptors (Lipinski definition) is 6. The van der Waals surface area contributed by atoms with Gasteiger partial charge < -0.3 is 14.8 Å². The number of para-hydroxylation sites is 1. The van der Waals surface area contributed by atoms with E-state index in [2.05, 4.69) is 10.4 Å². The SMILES string of the molecule is O=C(Cn1cc(Oc2ccccc2)cn1)Nc1cccc(CS(=O)(=O)N2CCOCC2)c1. The summed E-state index contributed by atoms with van der Waals surface area (Å²) in [5.74, 6) is 0.794. The van der Waals surface area contributed by atoms with Gasteiger partial charge in [0.25, 0.3) is 0 Å². The number of ether oxygens (including phenoxy) is 2. The number of benzene rings is 2. The van der Waals surface area contributed by atoms with E-state index in [1.807, 2.05) is 30.3 Å². The Labute approximate surface area is 186 Å². The Morgan fingerprint density at radius 2 is 1.84 bits per heavy atom. The van der Waals surface area contributed by atoms with Crippen LogP contribution in [0.5, 0.6) is 11.5 Å². The molecule has 0 atom stereocenters. The maximum Gasteiger partial charge on any atom is 0.246 e. The van der Waals surface area contributed by atoms with Gasteiger partial charge in [0.15, 0.2) is 5.75 Å². The molecule has 0 unspecified atom stereocenters. The Kier molecular flexibility index (Phi) is 6.84. The number of hydrogen-bond donors (Lipinski definition) is 1. The third-order valence-electron chi connectivity index (χ3n) is 4.82. The third kappa shape index (κ3) is 5.94. The zero-order valence-corrected chi connectivity index (χ0v) is 18.2. The lowest BCUT2D eigenvalue weighted by Gasteiger charge is -2.26. The van der Waals surface area contributed by atoms with Crippen LogP contribution in [-0.2, 0) is 31.9 Å². The molecule has 2 aromatic carbocycles. The summed E-state index contributed by atoms with van der Waals surface area (Å²) in [7, 11) is -3.44. The van der Waals surface area contributed by atoms with E-state index in [-0.39, 0.29) is 18.2 Å². The summed E-state index contributed by atoms with van der Waals surface area (Å²) in [5.41, 5.74) is 1.13. The Balaban J connectivity index is 1.34. The Morgan fingerprint density at radius 3 is 2.62 bits per heavy atom. The van der Waals surface area contributed by atoms with Crippen molar-refractivity contribution in [1.29, 1.82) is 0 Å². The maximum atomic E-state index is 12.6. The van der Waals surface area contributed by atoms with Crippen molar-refractivity contribution in [2.45, 2.75) is 12.3 Å². The van der Waals surface area contributed by atoms with Crippen molar-refractivity contribution in [3.05, 3.63) is 72.6 Å². The smallest absolute Gasteiger partial charge is 0.246 e. The summed E-state index contributed by atoms with van der Waals surface area (Å²) in [6, 6.07) is 16.1. The van der Waals surface area contributed by atoms with Gasteiger partial charge in [-0.15, -0.1) is 0 Å². The highest BCUT2D eigenvalue weighted by molar-refractivity contribution is 7.88. The van der Waals surface area contributed by atoms with Crippen LogP contribution in [0.2, 0.25) is 0 Å². The molecule has 4 rings (SSSR count). The van der Waals surface area contributed by atoms with Gasteiger partial charge in [-0.25, -0.2) is 8.42 Å². The van der Waals surface area contributed by atoms with Gasteiger partial charge in [-0.2, -0.15) is 9.40 Å². The van der Waals surface area contributed by atoms with E-state index in [0.29, 0.717) is 49.1 Å². The van der Waals surface area contributed by atoms with Crippen LogP contribution in [0.25, 0.3) is 0 Å². The van der Waals surface area contributed by atoms with Crippen LogP contribution in [-0.4, -0.2) is 54.7 Å². The molecule has 0 radical (unpaired) electrons. The van der Waals surface area contributed by atoms with Crippen molar-refractivity contribution >= 4 is 21.6 Å². The van der Waals surface area contributed by atoms with Crippen LogP contribution < -0.4 is 10.1 Å². The fourth-order valence-corrected chi connectivity index (χ4v) is 4.81. The van der Waals surface area contributed by atoms with E-state index in [0.717, 1.165) is 0 Å². The average Bonchev–Trinajstić information content (AvgIpc) is 3.21. The summed E-state index contributed by atoms with van der Waals surface area (Å²) in [4.78, 5) is 12.4. The van der Waals surface area contributed by atoms with Gasteiger partial charge in [-0.3, -0.25) is 9.48 Å². The lowest BCUT2D eigenvalue weighted by Crippen LogP contribution is -2.41. The molecule has 1 amide bonds. The molecular formula is C22H24N4O5S. The minimum Gasteiger partial charge on any atom is -0.454 e. The first kappa shape index (κ1) is 22.0. The summed E-state index contributed by atoms with van der Waals surface area (Å²) in [5, 5.41) is 6.93. The number of amides is 1. The molecule has 1 saturated heterocycles. The standard InChI is InChI=1S/C22H24N4O5S/c27-22(16-25-15-21(14-23-25)31-20-7-2-1-3-8-20)24-19-6-4-5-18(13-19)17-32(28,29)26-9-11-30-12-10-26/h1-8,13-15H,9-12,16-17H2,(H,24,27). The number of nitrogens with one attached hydrogen (secondary N) is 1. The summed E-state index contributed by atoms with van der Waals surface area (Å²) in [6.07, 6.45) is 3.18. The number of anilines is 1. The highest BCUT2D eigenvalue weighted by Gasteiger charge is 2.24. The molecule has 32 heavy (non-hydrogen) atoms. The first-order chi connectivity index (χ1) is 15.5. The van der Waals surface area contributed by atoms with E-state index >= 15 is 0 Å². The molecule has 1 aliphatic rings. The molecule has 0 spiro atoms. The van der Waals surface area contributed by atoms with Gasteiger partial charge in [0.1, 0.15) is 12.3 Å². The van der Waals surface area contributed by atoms with Crippen molar-refractivity contribution in [2.75, 3.05) is 31.6 Å². The predicted molar refractivity (Wildman–Crippen MR) is 119 cm³/mol.